The summed E-state index contributed by atoms with van der Waals surface area (Å²) in [6, 6.07) is 24.5. The topological polar surface area (TPSA) is 157 Å². The first-order valence-corrected chi connectivity index (χ1v) is 14.4. The second-order valence-corrected chi connectivity index (χ2v) is 11.1. The first-order valence-electron chi connectivity index (χ1n) is 14.4. The second kappa shape index (κ2) is 12.0. The quantitative estimate of drug-likeness (QED) is 0.0510. The average Bonchev–Trinajstić information content (AvgIpc) is 3.05. The Balaban J connectivity index is 0.000000160. The molecule has 0 bridgehead atoms. The summed E-state index contributed by atoms with van der Waals surface area (Å²) in [6.45, 7) is 7.30. The number of hydrogen-bond donors (Lipinski definition) is 8. The summed E-state index contributed by atoms with van der Waals surface area (Å²) in [6.07, 6.45) is 2.03. The van der Waals surface area contributed by atoms with Crippen LogP contribution in [0.1, 0.15) is 44.5 Å². The predicted octanol–water partition coefficient (Wildman–Crippen LogP) is 7.58. The highest BCUT2D eigenvalue weighted by Gasteiger charge is 2.26. The molecule has 0 amide bonds. The molecule has 226 valence electrons. The van der Waals surface area contributed by atoms with Gasteiger partial charge in [-0.25, -0.2) is 0 Å². The highest BCUT2D eigenvalue weighted by atomic mass is 16.3. The molecule has 10 N–H and O–H groups in total. The number of phenols is 4. The lowest BCUT2D eigenvalue weighted by Crippen LogP contribution is -2.16. The summed E-state index contributed by atoms with van der Waals surface area (Å²) in [5, 5.41) is 44.1. The Morgan fingerprint density at radius 1 is 0.477 bits per heavy atom. The van der Waals surface area contributed by atoms with E-state index < -0.39 is 23.0 Å². The summed E-state index contributed by atoms with van der Waals surface area (Å²) in [4.78, 5) is 0. The monoisotopic (exact) mass is 590 g/mol. The number of aromatic hydroxyl groups is 4. The fourth-order valence-corrected chi connectivity index (χ4v) is 5.60. The summed E-state index contributed by atoms with van der Waals surface area (Å²) in [5.74, 6) is -1.60. The van der Waals surface area contributed by atoms with Crippen molar-refractivity contribution in [2.75, 3.05) is 22.1 Å². The van der Waals surface area contributed by atoms with Gasteiger partial charge in [0.1, 0.15) is 0 Å². The fourth-order valence-electron chi connectivity index (χ4n) is 5.60. The average molecular weight is 591 g/mol. The molecule has 5 aromatic carbocycles. The molecule has 8 nitrogen and oxygen atoms in total. The van der Waals surface area contributed by atoms with Crippen molar-refractivity contribution in [1.29, 1.82) is 0 Å². The molecule has 0 radical (unpaired) electrons. The van der Waals surface area contributed by atoms with Crippen molar-refractivity contribution in [2.24, 2.45) is 0 Å². The molecule has 8 heteroatoms. The van der Waals surface area contributed by atoms with Crippen molar-refractivity contribution in [3.8, 4) is 23.0 Å². The number of benzene rings is 5. The maximum Gasteiger partial charge on any atom is 0.164 e. The zero-order valence-electron chi connectivity index (χ0n) is 25.3. The molecule has 0 fully saturated rings. The summed E-state index contributed by atoms with van der Waals surface area (Å²) in [5.41, 5.74) is 25.7. The first-order chi connectivity index (χ1) is 21.0. The van der Waals surface area contributed by atoms with E-state index in [4.69, 9.17) is 11.5 Å². The van der Waals surface area contributed by atoms with Crippen LogP contribution in [0.5, 0.6) is 23.0 Å². The molecule has 0 saturated carbocycles. The lowest BCUT2D eigenvalue weighted by atomic mass is 9.84. The zero-order chi connectivity index (χ0) is 31.7. The Morgan fingerprint density at radius 3 is 1.18 bits per heavy atom. The van der Waals surface area contributed by atoms with E-state index in [2.05, 4.69) is 73.0 Å². The Hall–Kier alpha value is -5.50. The maximum atomic E-state index is 9.17. The van der Waals surface area contributed by atoms with Crippen molar-refractivity contribution >= 4 is 34.1 Å². The number of anilines is 6. The van der Waals surface area contributed by atoms with E-state index in [1.165, 1.54) is 70.0 Å². The zero-order valence-corrected chi connectivity index (χ0v) is 25.3. The minimum absolute atomic E-state index is 0.0654. The van der Waals surface area contributed by atoms with E-state index in [9.17, 15) is 20.4 Å². The molecule has 2 aliphatic heterocycles. The smallest absolute Gasteiger partial charge is 0.164 e. The Morgan fingerprint density at radius 2 is 0.818 bits per heavy atom. The molecule has 5 aromatic rings. The van der Waals surface area contributed by atoms with Crippen LogP contribution in [0, 0.1) is 27.7 Å². The number of para-hydroxylation sites is 4. The number of rotatable bonds is 0. The van der Waals surface area contributed by atoms with Crippen LogP contribution in [0.25, 0.3) is 0 Å². The van der Waals surface area contributed by atoms with Gasteiger partial charge in [-0.2, -0.15) is 0 Å². The molecular formula is C36H38N4O4. The lowest BCUT2D eigenvalue weighted by Gasteiger charge is -2.32. The van der Waals surface area contributed by atoms with E-state index >= 15 is 0 Å². The van der Waals surface area contributed by atoms with Gasteiger partial charge in [-0.15, -0.1) is 0 Å². The van der Waals surface area contributed by atoms with Crippen LogP contribution >= 0.6 is 0 Å². The standard InChI is InChI=1S/C22H20N2.C8H10O4.C6H8N2/c1-13-17-11-15-7-3-5-9-19(15)23-21(17)14(2)22-18(13)12-16-8-4-6-10-20(16)24-22;1-3-5(9)7(11)4(2)8(12)6(3)10;7-5-3-1-2-4-6(5)8/h3-10,23-24H,11-12H2,1-2H3;9-12H,1-2H3;1-4H,7-8H2. The molecule has 0 atom stereocenters. The molecular weight excluding hydrogens is 552 g/mol. The fraction of sp³-hybridized carbons (Fsp3) is 0.167. The van der Waals surface area contributed by atoms with Crippen LogP contribution in [0.2, 0.25) is 0 Å². The second-order valence-electron chi connectivity index (χ2n) is 11.1. The van der Waals surface area contributed by atoms with Gasteiger partial charge in [-0.1, -0.05) is 48.5 Å². The molecule has 44 heavy (non-hydrogen) atoms. The van der Waals surface area contributed by atoms with Gasteiger partial charge in [0.25, 0.3) is 0 Å². The van der Waals surface area contributed by atoms with Gasteiger partial charge in [0, 0.05) is 46.7 Å². The molecule has 7 rings (SSSR count). The van der Waals surface area contributed by atoms with Gasteiger partial charge in [0.15, 0.2) is 23.0 Å². The summed E-state index contributed by atoms with van der Waals surface area (Å²) >= 11 is 0. The maximum absolute atomic E-state index is 9.17. The van der Waals surface area contributed by atoms with Gasteiger partial charge in [0.2, 0.25) is 0 Å². The number of nitrogens with one attached hydrogen (secondary N) is 2. The number of fused-ring (bicyclic) bond motifs is 4. The minimum Gasteiger partial charge on any atom is -0.504 e. The molecule has 0 aliphatic carbocycles. The van der Waals surface area contributed by atoms with E-state index in [1.807, 2.05) is 12.1 Å². The number of nitrogens with two attached hydrogens (primary N) is 2. The highest BCUT2D eigenvalue weighted by Crippen LogP contribution is 2.46. The van der Waals surface area contributed by atoms with Gasteiger partial charge in [0.05, 0.1) is 11.4 Å². The molecule has 0 spiro atoms. The third kappa shape index (κ3) is 5.49. The molecule has 0 unspecified atom stereocenters. The number of nitrogen functional groups attached to an aromatic ring is 2. The van der Waals surface area contributed by atoms with Gasteiger partial charge < -0.3 is 42.5 Å². The largest absolute Gasteiger partial charge is 0.504 e. The first kappa shape index (κ1) is 30.0. The van der Waals surface area contributed by atoms with Crippen LogP contribution in [0.15, 0.2) is 72.8 Å². The van der Waals surface area contributed by atoms with Crippen LogP contribution in [0.3, 0.4) is 0 Å². The van der Waals surface area contributed by atoms with Crippen molar-refractivity contribution in [2.45, 2.75) is 40.5 Å². The Labute approximate surface area is 257 Å². The SMILES string of the molecule is Cc1c(O)c(O)c(C)c(O)c1O.Cc1c2c(c(C)c3c1Cc1ccccc1N3)Nc1ccccc1C2.Nc1ccccc1N. The van der Waals surface area contributed by atoms with Gasteiger partial charge in [-0.05, 0) is 85.3 Å². The molecule has 0 aromatic heterocycles. The van der Waals surface area contributed by atoms with Crippen LogP contribution in [0.4, 0.5) is 34.1 Å². The third-order valence-electron chi connectivity index (χ3n) is 8.41. The van der Waals surface area contributed by atoms with E-state index in [0.717, 1.165) is 12.8 Å². The number of hydrogen-bond acceptors (Lipinski definition) is 8. The van der Waals surface area contributed by atoms with Crippen LogP contribution in [-0.4, -0.2) is 20.4 Å². The lowest BCUT2D eigenvalue weighted by molar-refractivity contribution is 0.364. The molecule has 2 aliphatic rings. The highest BCUT2D eigenvalue weighted by molar-refractivity contribution is 5.86. The third-order valence-corrected chi connectivity index (χ3v) is 8.41. The predicted molar refractivity (Wildman–Crippen MR) is 179 cm³/mol. The summed E-state index contributed by atoms with van der Waals surface area (Å²) < 4.78 is 0. The van der Waals surface area contributed by atoms with E-state index in [-0.39, 0.29) is 11.1 Å². The van der Waals surface area contributed by atoms with Crippen molar-refractivity contribution in [3.63, 3.8) is 0 Å². The van der Waals surface area contributed by atoms with E-state index in [0.29, 0.717) is 11.4 Å². The minimum atomic E-state index is -0.400. The number of phenolic OH excluding ortho intramolecular Hbond substituents is 4. The van der Waals surface area contributed by atoms with Crippen molar-refractivity contribution < 1.29 is 20.4 Å². The summed E-state index contributed by atoms with van der Waals surface area (Å²) in [7, 11) is 0. The molecule has 0 saturated heterocycles. The van der Waals surface area contributed by atoms with Crippen molar-refractivity contribution in [3.05, 3.63) is 117 Å². The Kier molecular flexibility index (Phi) is 8.18. The van der Waals surface area contributed by atoms with Crippen LogP contribution in [-0.2, 0) is 12.8 Å². The van der Waals surface area contributed by atoms with Crippen molar-refractivity contribution in [1.82, 2.24) is 0 Å². The Bertz CT molecular complexity index is 1600. The van der Waals surface area contributed by atoms with Gasteiger partial charge >= 0.3 is 0 Å². The van der Waals surface area contributed by atoms with E-state index in [1.54, 1.807) is 12.1 Å². The van der Waals surface area contributed by atoms with Gasteiger partial charge in [-0.3, -0.25) is 0 Å². The normalized spacial score (nSPS) is 11.9. The molecule has 2 heterocycles. The van der Waals surface area contributed by atoms with Crippen LogP contribution < -0.4 is 22.1 Å².